The van der Waals surface area contributed by atoms with Gasteiger partial charge in [-0.05, 0) is 43.4 Å². The Morgan fingerprint density at radius 2 is 2.21 bits per heavy atom. The van der Waals surface area contributed by atoms with Crippen molar-refractivity contribution in [1.82, 2.24) is 14.8 Å². The van der Waals surface area contributed by atoms with Crippen molar-refractivity contribution >= 4 is 0 Å². The molecule has 0 bridgehead atoms. The van der Waals surface area contributed by atoms with Crippen molar-refractivity contribution in [3.05, 3.63) is 12.2 Å². The van der Waals surface area contributed by atoms with Gasteiger partial charge in [-0.1, -0.05) is 20.8 Å². The van der Waals surface area contributed by atoms with E-state index in [9.17, 15) is 5.11 Å². The van der Waals surface area contributed by atoms with Crippen LogP contribution in [0.2, 0.25) is 0 Å². The summed E-state index contributed by atoms with van der Waals surface area (Å²) in [6.07, 6.45) is 6.63. The second kappa shape index (κ2) is 6.51. The summed E-state index contributed by atoms with van der Waals surface area (Å²) in [5.41, 5.74) is 0. The molecular weight excluding hydrogens is 238 g/mol. The van der Waals surface area contributed by atoms with Crippen LogP contribution in [0.25, 0.3) is 0 Å². The maximum absolute atomic E-state index is 10.2. The van der Waals surface area contributed by atoms with Crippen LogP contribution in [0.4, 0.5) is 0 Å². The van der Waals surface area contributed by atoms with Crippen molar-refractivity contribution in [2.75, 3.05) is 0 Å². The molecule has 1 aromatic heterocycles. The normalized spacial score (nSPS) is 27.9. The van der Waals surface area contributed by atoms with Gasteiger partial charge in [0, 0.05) is 13.0 Å². The van der Waals surface area contributed by atoms with Crippen molar-refractivity contribution in [1.29, 1.82) is 0 Å². The fourth-order valence-electron chi connectivity index (χ4n) is 3.19. The van der Waals surface area contributed by atoms with E-state index in [0.29, 0.717) is 11.8 Å². The summed E-state index contributed by atoms with van der Waals surface area (Å²) >= 11 is 0. The molecule has 1 N–H and O–H groups in total. The van der Waals surface area contributed by atoms with Gasteiger partial charge in [0.15, 0.2) is 0 Å². The predicted molar refractivity (Wildman–Crippen MR) is 75.7 cm³/mol. The van der Waals surface area contributed by atoms with Gasteiger partial charge in [0.1, 0.15) is 12.2 Å². The lowest BCUT2D eigenvalue weighted by atomic mass is 9.73. The van der Waals surface area contributed by atoms with Crippen LogP contribution in [0.15, 0.2) is 6.33 Å². The van der Waals surface area contributed by atoms with E-state index in [0.717, 1.165) is 50.4 Å². The molecule has 19 heavy (non-hydrogen) atoms. The van der Waals surface area contributed by atoms with Gasteiger partial charge in [-0.25, -0.2) is 4.98 Å². The summed E-state index contributed by atoms with van der Waals surface area (Å²) in [6.45, 7) is 7.65. The highest BCUT2D eigenvalue weighted by molar-refractivity contribution is 4.92. The Hall–Kier alpha value is -0.900. The second-order valence-electron chi connectivity index (χ2n) is 6.25. The van der Waals surface area contributed by atoms with Gasteiger partial charge >= 0.3 is 0 Å². The number of rotatable bonds is 5. The standard InChI is InChI=1S/C15H27N3O/c1-4-7-18-15(16-10-17-18)9-13-8-12(11(2)3)5-6-14(13)19/h10-14,19H,4-9H2,1-3H3. The summed E-state index contributed by atoms with van der Waals surface area (Å²) in [5.74, 6) is 2.84. The van der Waals surface area contributed by atoms with E-state index in [1.54, 1.807) is 6.33 Å². The SMILES string of the molecule is CCCn1ncnc1CC1CC(C(C)C)CCC1O. The highest BCUT2D eigenvalue weighted by Gasteiger charge is 2.31. The lowest BCUT2D eigenvalue weighted by Crippen LogP contribution is -2.33. The zero-order valence-electron chi connectivity index (χ0n) is 12.4. The molecule has 3 atom stereocenters. The van der Waals surface area contributed by atoms with Crippen molar-refractivity contribution in [3.8, 4) is 0 Å². The number of aliphatic hydroxyl groups excluding tert-OH is 1. The quantitative estimate of drug-likeness (QED) is 0.890. The third-order valence-corrected chi connectivity index (χ3v) is 4.50. The molecule has 3 unspecified atom stereocenters. The van der Waals surface area contributed by atoms with Crippen LogP contribution in [-0.2, 0) is 13.0 Å². The van der Waals surface area contributed by atoms with E-state index < -0.39 is 0 Å². The molecule has 0 amide bonds. The predicted octanol–water partition coefficient (Wildman–Crippen LogP) is 2.66. The lowest BCUT2D eigenvalue weighted by Gasteiger charge is -2.35. The van der Waals surface area contributed by atoms with Gasteiger partial charge in [0.05, 0.1) is 6.10 Å². The number of aliphatic hydroxyl groups is 1. The number of aryl methyl sites for hydroxylation is 1. The lowest BCUT2D eigenvalue weighted by molar-refractivity contribution is 0.0364. The molecule has 0 aromatic carbocycles. The zero-order chi connectivity index (χ0) is 13.8. The molecule has 4 heteroatoms. The summed E-state index contributed by atoms with van der Waals surface area (Å²) < 4.78 is 1.99. The molecule has 1 fully saturated rings. The van der Waals surface area contributed by atoms with Gasteiger partial charge in [0.2, 0.25) is 0 Å². The van der Waals surface area contributed by atoms with Crippen molar-refractivity contribution in [3.63, 3.8) is 0 Å². The summed E-state index contributed by atoms with van der Waals surface area (Å²) in [7, 11) is 0. The molecule has 1 aliphatic rings. The molecular formula is C15H27N3O. The van der Waals surface area contributed by atoms with Crippen molar-refractivity contribution in [2.45, 2.75) is 65.5 Å². The zero-order valence-corrected chi connectivity index (χ0v) is 12.4. The Balaban J connectivity index is 2.01. The Bertz CT molecular complexity index is 388. The Labute approximate surface area is 116 Å². The largest absolute Gasteiger partial charge is 0.393 e. The van der Waals surface area contributed by atoms with Crippen LogP contribution >= 0.6 is 0 Å². The van der Waals surface area contributed by atoms with Gasteiger partial charge in [0.25, 0.3) is 0 Å². The second-order valence-corrected chi connectivity index (χ2v) is 6.25. The first-order chi connectivity index (χ1) is 9.11. The smallest absolute Gasteiger partial charge is 0.138 e. The molecule has 1 saturated carbocycles. The third kappa shape index (κ3) is 3.56. The fourth-order valence-corrected chi connectivity index (χ4v) is 3.19. The van der Waals surface area contributed by atoms with E-state index in [1.807, 2.05) is 4.68 Å². The molecule has 0 radical (unpaired) electrons. The van der Waals surface area contributed by atoms with E-state index in [-0.39, 0.29) is 6.10 Å². The van der Waals surface area contributed by atoms with E-state index in [4.69, 9.17) is 0 Å². The first-order valence-corrected chi connectivity index (χ1v) is 7.66. The van der Waals surface area contributed by atoms with Crippen LogP contribution in [0.1, 0.15) is 52.3 Å². The molecule has 0 spiro atoms. The van der Waals surface area contributed by atoms with Crippen LogP contribution in [0.3, 0.4) is 0 Å². The maximum Gasteiger partial charge on any atom is 0.138 e. The highest BCUT2D eigenvalue weighted by atomic mass is 16.3. The number of nitrogens with zero attached hydrogens (tertiary/aromatic N) is 3. The first-order valence-electron chi connectivity index (χ1n) is 7.66. The van der Waals surface area contributed by atoms with Crippen molar-refractivity contribution in [2.24, 2.45) is 17.8 Å². The van der Waals surface area contributed by atoms with Gasteiger partial charge in [-0.2, -0.15) is 5.10 Å². The van der Waals surface area contributed by atoms with Crippen LogP contribution in [0.5, 0.6) is 0 Å². The summed E-state index contributed by atoms with van der Waals surface area (Å²) in [5, 5.41) is 14.5. The fraction of sp³-hybridized carbons (Fsp3) is 0.867. The Morgan fingerprint density at radius 3 is 2.89 bits per heavy atom. The highest BCUT2D eigenvalue weighted by Crippen LogP contribution is 2.35. The van der Waals surface area contributed by atoms with Crippen LogP contribution < -0.4 is 0 Å². The third-order valence-electron chi connectivity index (χ3n) is 4.50. The molecule has 2 rings (SSSR count). The van der Waals surface area contributed by atoms with Gasteiger partial charge in [-0.15, -0.1) is 0 Å². The monoisotopic (exact) mass is 265 g/mol. The summed E-state index contributed by atoms with van der Waals surface area (Å²) in [4.78, 5) is 4.37. The van der Waals surface area contributed by atoms with Crippen LogP contribution in [0, 0.1) is 17.8 Å². The molecule has 4 nitrogen and oxygen atoms in total. The van der Waals surface area contributed by atoms with E-state index in [1.165, 1.54) is 0 Å². The molecule has 0 saturated heterocycles. The first kappa shape index (κ1) is 14.5. The van der Waals surface area contributed by atoms with E-state index >= 15 is 0 Å². The minimum Gasteiger partial charge on any atom is -0.393 e. The number of hydrogen-bond donors (Lipinski definition) is 1. The average Bonchev–Trinajstić information content (AvgIpc) is 2.80. The Morgan fingerprint density at radius 1 is 1.42 bits per heavy atom. The number of aromatic nitrogens is 3. The van der Waals surface area contributed by atoms with Crippen molar-refractivity contribution < 1.29 is 5.11 Å². The minimum absolute atomic E-state index is 0.165. The maximum atomic E-state index is 10.2. The topological polar surface area (TPSA) is 50.9 Å². The Kier molecular flexibility index (Phi) is 4.97. The van der Waals surface area contributed by atoms with Crippen LogP contribution in [-0.4, -0.2) is 26.0 Å². The molecule has 1 aromatic rings. The van der Waals surface area contributed by atoms with E-state index in [2.05, 4.69) is 30.9 Å². The minimum atomic E-state index is -0.165. The van der Waals surface area contributed by atoms with Gasteiger partial charge in [-0.3, -0.25) is 4.68 Å². The molecule has 0 aliphatic heterocycles. The molecule has 108 valence electrons. The average molecular weight is 265 g/mol. The molecule has 1 heterocycles. The summed E-state index contributed by atoms with van der Waals surface area (Å²) in [6, 6.07) is 0. The molecule has 1 aliphatic carbocycles. The number of hydrogen-bond acceptors (Lipinski definition) is 3. The van der Waals surface area contributed by atoms with Gasteiger partial charge < -0.3 is 5.11 Å².